The summed E-state index contributed by atoms with van der Waals surface area (Å²) in [6.07, 6.45) is 2.60. The Morgan fingerprint density at radius 1 is 1.47 bits per heavy atom. The number of hydrogen-bond donors (Lipinski definition) is 2. The van der Waals surface area contributed by atoms with E-state index >= 15 is 0 Å². The first-order valence-electron chi connectivity index (χ1n) is 5.45. The van der Waals surface area contributed by atoms with E-state index in [1.165, 1.54) is 0 Å². The zero-order chi connectivity index (χ0) is 12.8. The van der Waals surface area contributed by atoms with E-state index in [2.05, 4.69) is 0 Å². The van der Waals surface area contributed by atoms with Crippen LogP contribution in [0.1, 0.15) is 30.3 Å². The Morgan fingerprint density at radius 2 is 2.18 bits per heavy atom. The number of amides is 1. The van der Waals surface area contributed by atoms with Gasteiger partial charge in [0.2, 0.25) is 5.91 Å². The molecule has 0 aliphatic carbocycles. The van der Waals surface area contributed by atoms with E-state index < -0.39 is 11.9 Å². The highest BCUT2D eigenvalue weighted by Crippen LogP contribution is 2.12. The summed E-state index contributed by atoms with van der Waals surface area (Å²) in [4.78, 5) is 22.2. The Balaban J connectivity index is 2.64. The van der Waals surface area contributed by atoms with Crippen LogP contribution in [0, 0.1) is 0 Å². The number of nitrogens with zero attached hydrogens (tertiary/aromatic N) is 1. The summed E-state index contributed by atoms with van der Waals surface area (Å²) < 4.78 is 6.66. The SMILES string of the molecule is CCCn1cc(N)cc1C(=O)OCCC(N)=O. The molecule has 0 saturated heterocycles. The highest BCUT2D eigenvalue weighted by molar-refractivity contribution is 5.89. The molecule has 1 aromatic heterocycles. The molecule has 1 amide bonds. The minimum absolute atomic E-state index is 0.00856. The summed E-state index contributed by atoms with van der Waals surface area (Å²) >= 11 is 0. The highest BCUT2D eigenvalue weighted by Gasteiger charge is 2.14. The van der Waals surface area contributed by atoms with Crippen LogP contribution in [0.2, 0.25) is 0 Å². The van der Waals surface area contributed by atoms with Crippen LogP contribution in [0.3, 0.4) is 0 Å². The van der Waals surface area contributed by atoms with Gasteiger partial charge in [-0.1, -0.05) is 6.92 Å². The second-order valence-corrected chi connectivity index (χ2v) is 3.70. The van der Waals surface area contributed by atoms with Crippen molar-refractivity contribution in [2.45, 2.75) is 26.3 Å². The Morgan fingerprint density at radius 3 is 2.76 bits per heavy atom. The third-order valence-electron chi connectivity index (χ3n) is 2.17. The summed E-state index contributed by atoms with van der Waals surface area (Å²) in [5.74, 6) is -0.988. The lowest BCUT2D eigenvalue weighted by atomic mass is 10.4. The molecule has 0 saturated carbocycles. The van der Waals surface area contributed by atoms with Gasteiger partial charge in [0.1, 0.15) is 12.3 Å². The molecule has 4 N–H and O–H groups in total. The molecule has 1 aromatic rings. The number of nitrogen functional groups attached to an aromatic ring is 1. The summed E-state index contributed by atoms with van der Waals surface area (Å²) in [5, 5.41) is 0. The maximum absolute atomic E-state index is 11.7. The van der Waals surface area contributed by atoms with E-state index in [0.29, 0.717) is 17.9 Å². The van der Waals surface area contributed by atoms with Gasteiger partial charge in [-0.15, -0.1) is 0 Å². The molecule has 0 aliphatic heterocycles. The fourth-order valence-electron chi connectivity index (χ4n) is 1.45. The number of carbonyl (C=O) groups is 2. The Hall–Kier alpha value is -1.98. The molecule has 0 unspecified atom stereocenters. The van der Waals surface area contributed by atoms with E-state index in [4.69, 9.17) is 16.2 Å². The Labute approximate surface area is 99.5 Å². The number of aryl methyl sites for hydroxylation is 1. The third-order valence-corrected chi connectivity index (χ3v) is 2.17. The van der Waals surface area contributed by atoms with Crippen LogP contribution in [0.15, 0.2) is 12.3 Å². The van der Waals surface area contributed by atoms with Gasteiger partial charge in [0.15, 0.2) is 0 Å². The molecule has 0 aromatic carbocycles. The van der Waals surface area contributed by atoms with Crippen molar-refractivity contribution in [3.8, 4) is 0 Å². The summed E-state index contributed by atoms with van der Waals surface area (Å²) in [5.41, 5.74) is 11.5. The van der Waals surface area contributed by atoms with Crippen molar-refractivity contribution in [1.82, 2.24) is 4.57 Å². The topological polar surface area (TPSA) is 100 Å². The zero-order valence-electron chi connectivity index (χ0n) is 9.81. The van der Waals surface area contributed by atoms with E-state index in [1.54, 1.807) is 16.8 Å². The van der Waals surface area contributed by atoms with Gasteiger partial charge < -0.3 is 20.8 Å². The van der Waals surface area contributed by atoms with Crippen molar-refractivity contribution in [2.24, 2.45) is 5.73 Å². The van der Waals surface area contributed by atoms with Gasteiger partial charge in [0.05, 0.1) is 12.1 Å². The fraction of sp³-hybridized carbons (Fsp3) is 0.455. The molecule has 6 heteroatoms. The van der Waals surface area contributed by atoms with Crippen LogP contribution in [0.4, 0.5) is 5.69 Å². The maximum atomic E-state index is 11.7. The van der Waals surface area contributed by atoms with E-state index in [9.17, 15) is 9.59 Å². The number of carbonyl (C=O) groups excluding carboxylic acids is 2. The van der Waals surface area contributed by atoms with Crippen molar-refractivity contribution >= 4 is 17.6 Å². The molecule has 0 radical (unpaired) electrons. The molecule has 0 fully saturated rings. The van der Waals surface area contributed by atoms with Crippen molar-refractivity contribution in [2.75, 3.05) is 12.3 Å². The minimum atomic E-state index is -0.499. The quantitative estimate of drug-likeness (QED) is 0.706. The lowest BCUT2D eigenvalue weighted by molar-refractivity contribution is -0.118. The number of ether oxygens (including phenoxy) is 1. The smallest absolute Gasteiger partial charge is 0.355 e. The average Bonchev–Trinajstić information content (AvgIpc) is 2.59. The minimum Gasteiger partial charge on any atom is -0.460 e. The van der Waals surface area contributed by atoms with E-state index in [-0.39, 0.29) is 13.0 Å². The first kappa shape index (κ1) is 13.1. The molecule has 17 heavy (non-hydrogen) atoms. The maximum Gasteiger partial charge on any atom is 0.355 e. The number of primary amides is 1. The van der Waals surface area contributed by atoms with Gasteiger partial charge in [0.25, 0.3) is 0 Å². The average molecular weight is 239 g/mol. The Kier molecular flexibility index (Phi) is 4.56. The lowest BCUT2D eigenvalue weighted by Crippen LogP contribution is -2.17. The second kappa shape index (κ2) is 5.93. The molecule has 6 nitrogen and oxygen atoms in total. The van der Waals surface area contributed by atoms with Gasteiger partial charge in [-0.25, -0.2) is 4.79 Å². The molecule has 1 rings (SSSR count). The normalized spacial score (nSPS) is 10.2. The molecular weight excluding hydrogens is 222 g/mol. The number of esters is 1. The summed E-state index contributed by atoms with van der Waals surface area (Å²) in [6.45, 7) is 2.68. The van der Waals surface area contributed by atoms with Gasteiger partial charge in [-0.3, -0.25) is 4.79 Å². The molecular formula is C11H17N3O3. The van der Waals surface area contributed by atoms with Crippen LogP contribution in [0.5, 0.6) is 0 Å². The number of hydrogen-bond acceptors (Lipinski definition) is 4. The number of nitrogens with two attached hydrogens (primary N) is 2. The van der Waals surface area contributed by atoms with Crippen LogP contribution in [-0.2, 0) is 16.1 Å². The molecule has 1 heterocycles. The predicted molar refractivity (Wildman–Crippen MR) is 63.2 cm³/mol. The van der Waals surface area contributed by atoms with E-state index in [0.717, 1.165) is 6.42 Å². The van der Waals surface area contributed by atoms with Crippen LogP contribution in [0.25, 0.3) is 0 Å². The summed E-state index contributed by atoms with van der Waals surface area (Å²) in [7, 11) is 0. The first-order valence-corrected chi connectivity index (χ1v) is 5.45. The molecule has 0 atom stereocenters. The molecule has 94 valence electrons. The van der Waals surface area contributed by atoms with Gasteiger partial charge in [-0.2, -0.15) is 0 Å². The molecule has 0 aliphatic rings. The first-order chi connectivity index (χ1) is 8.04. The largest absolute Gasteiger partial charge is 0.460 e. The predicted octanol–water partition coefficient (Wildman–Crippen LogP) is 0.513. The van der Waals surface area contributed by atoms with Crippen molar-refractivity contribution in [3.63, 3.8) is 0 Å². The van der Waals surface area contributed by atoms with Gasteiger partial charge in [0, 0.05) is 12.7 Å². The zero-order valence-corrected chi connectivity index (χ0v) is 9.81. The standard InChI is InChI=1S/C11H17N3O3/c1-2-4-14-7-8(12)6-9(14)11(16)17-5-3-10(13)15/h6-7H,2-5,12H2,1H3,(H2,13,15). The molecule has 0 spiro atoms. The third kappa shape index (κ3) is 3.82. The van der Waals surface area contributed by atoms with Crippen LogP contribution in [-0.4, -0.2) is 23.1 Å². The Bertz CT molecular complexity index is 412. The number of aromatic nitrogens is 1. The van der Waals surface area contributed by atoms with Crippen molar-refractivity contribution < 1.29 is 14.3 Å². The van der Waals surface area contributed by atoms with Crippen LogP contribution < -0.4 is 11.5 Å². The van der Waals surface area contributed by atoms with Gasteiger partial charge in [-0.05, 0) is 12.5 Å². The lowest BCUT2D eigenvalue weighted by Gasteiger charge is -2.07. The van der Waals surface area contributed by atoms with Crippen LogP contribution >= 0.6 is 0 Å². The fourth-order valence-corrected chi connectivity index (χ4v) is 1.45. The summed E-state index contributed by atoms with van der Waals surface area (Å²) in [6, 6.07) is 1.56. The van der Waals surface area contributed by atoms with Crippen molar-refractivity contribution in [1.29, 1.82) is 0 Å². The van der Waals surface area contributed by atoms with E-state index in [1.807, 2.05) is 6.92 Å². The second-order valence-electron chi connectivity index (χ2n) is 3.70. The highest BCUT2D eigenvalue weighted by atomic mass is 16.5. The number of rotatable bonds is 6. The van der Waals surface area contributed by atoms with Crippen molar-refractivity contribution in [3.05, 3.63) is 18.0 Å². The van der Waals surface area contributed by atoms with Gasteiger partial charge >= 0.3 is 5.97 Å². The molecule has 0 bridgehead atoms. The number of anilines is 1. The monoisotopic (exact) mass is 239 g/mol.